The predicted molar refractivity (Wildman–Crippen MR) is 65.2 cm³/mol. The van der Waals surface area contributed by atoms with Crippen LogP contribution in [0.25, 0.3) is 5.13 Å². The van der Waals surface area contributed by atoms with E-state index in [1.807, 2.05) is 13.8 Å². The summed E-state index contributed by atoms with van der Waals surface area (Å²) in [4.78, 5) is 3.48. The van der Waals surface area contributed by atoms with Gasteiger partial charge in [-0.3, -0.25) is 0 Å². The minimum Gasteiger partial charge on any atom is -0.396 e. The van der Waals surface area contributed by atoms with Crippen molar-refractivity contribution in [2.75, 3.05) is 5.73 Å². The van der Waals surface area contributed by atoms with Crippen LogP contribution in [-0.4, -0.2) is 19.1 Å². The maximum absolute atomic E-state index is 12.5. The monoisotopic (exact) mass is 291 g/mol. The van der Waals surface area contributed by atoms with Crippen molar-refractivity contribution >= 4 is 17.2 Å². The molecule has 19 heavy (non-hydrogen) atoms. The van der Waals surface area contributed by atoms with Crippen LogP contribution in [0.4, 0.5) is 18.9 Å². The third-order valence-corrected chi connectivity index (χ3v) is 3.31. The number of aromatic nitrogens is 4. The topological polar surface area (TPSA) is 69.6 Å². The van der Waals surface area contributed by atoms with Crippen LogP contribution in [0.2, 0.25) is 0 Å². The summed E-state index contributed by atoms with van der Waals surface area (Å²) in [5.41, 5.74) is 7.72. The summed E-state index contributed by atoms with van der Waals surface area (Å²) in [6.07, 6.45) is -3.38. The first-order chi connectivity index (χ1) is 8.88. The maximum Gasteiger partial charge on any atom is 0.452 e. The van der Waals surface area contributed by atoms with E-state index in [1.165, 1.54) is 4.68 Å². The van der Waals surface area contributed by atoms with Crippen molar-refractivity contribution in [2.45, 2.75) is 32.9 Å². The molecule has 0 radical (unpaired) electrons. The number of hydrogen-bond acceptors (Lipinski definition) is 5. The van der Waals surface area contributed by atoms with Crippen LogP contribution >= 0.6 is 11.5 Å². The van der Waals surface area contributed by atoms with Gasteiger partial charge >= 0.3 is 6.18 Å². The zero-order valence-corrected chi connectivity index (χ0v) is 11.1. The Hall–Kier alpha value is -1.64. The number of alkyl halides is 3. The zero-order chi connectivity index (χ0) is 14.2. The second kappa shape index (κ2) is 4.80. The fourth-order valence-corrected chi connectivity index (χ4v) is 2.36. The minimum absolute atomic E-state index is 0.0792. The molecule has 9 heteroatoms. The Morgan fingerprint density at radius 3 is 2.42 bits per heavy atom. The molecule has 5 nitrogen and oxygen atoms in total. The first-order valence-electron chi connectivity index (χ1n) is 5.66. The Kier molecular flexibility index (Phi) is 3.48. The normalized spacial score (nSPS) is 12.1. The molecule has 0 aromatic carbocycles. The van der Waals surface area contributed by atoms with Gasteiger partial charge in [0.25, 0.3) is 0 Å². The van der Waals surface area contributed by atoms with Gasteiger partial charge in [0.15, 0.2) is 0 Å². The molecule has 2 heterocycles. The second-order valence-corrected chi connectivity index (χ2v) is 4.55. The van der Waals surface area contributed by atoms with E-state index in [0.29, 0.717) is 41.4 Å². The van der Waals surface area contributed by atoms with Crippen LogP contribution < -0.4 is 5.73 Å². The lowest BCUT2D eigenvalue weighted by atomic mass is 10.2. The summed E-state index contributed by atoms with van der Waals surface area (Å²) in [5.74, 6) is -1.15. The first-order valence-corrected chi connectivity index (χ1v) is 6.43. The molecule has 0 unspecified atom stereocenters. The SMILES string of the molecule is CCc1nn(-c2nc(C(F)(F)F)ns2)c(CC)c1N. The highest BCUT2D eigenvalue weighted by Gasteiger charge is 2.36. The van der Waals surface area contributed by atoms with Crippen LogP contribution in [0.3, 0.4) is 0 Å². The average molecular weight is 291 g/mol. The summed E-state index contributed by atoms with van der Waals surface area (Å²) in [6, 6.07) is 0. The molecule has 0 spiro atoms. The summed E-state index contributed by atoms with van der Waals surface area (Å²) >= 11 is 0.655. The number of nitrogens with two attached hydrogens (primary N) is 1. The molecule has 0 aliphatic heterocycles. The van der Waals surface area contributed by atoms with Gasteiger partial charge in [-0.15, -0.1) is 0 Å². The van der Waals surface area contributed by atoms with Crippen molar-refractivity contribution < 1.29 is 13.2 Å². The predicted octanol–water partition coefficient (Wildman–Crippen LogP) is 2.45. The van der Waals surface area contributed by atoms with Gasteiger partial charge in [-0.1, -0.05) is 13.8 Å². The van der Waals surface area contributed by atoms with Crippen molar-refractivity contribution in [3.8, 4) is 5.13 Å². The summed E-state index contributed by atoms with van der Waals surface area (Å²) < 4.78 is 42.1. The molecule has 0 aliphatic carbocycles. The van der Waals surface area contributed by atoms with Gasteiger partial charge in [0.2, 0.25) is 11.0 Å². The summed E-state index contributed by atoms with van der Waals surface area (Å²) in [5, 5.41) is 4.28. The van der Waals surface area contributed by atoms with Crippen LogP contribution in [0.5, 0.6) is 0 Å². The van der Waals surface area contributed by atoms with E-state index in [1.54, 1.807) is 0 Å². The lowest BCUT2D eigenvalue weighted by Crippen LogP contribution is -2.08. The average Bonchev–Trinajstić information content (AvgIpc) is 2.92. The fourth-order valence-electron chi connectivity index (χ4n) is 1.69. The van der Waals surface area contributed by atoms with Crippen molar-refractivity contribution in [2.24, 2.45) is 0 Å². The van der Waals surface area contributed by atoms with E-state index in [0.717, 1.165) is 0 Å². The number of nitrogen functional groups attached to an aromatic ring is 1. The largest absolute Gasteiger partial charge is 0.452 e. The van der Waals surface area contributed by atoms with Gasteiger partial charge in [-0.2, -0.15) is 27.6 Å². The Balaban J connectivity index is 2.50. The number of aryl methyl sites for hydroxylation is 1. The van der Waals surface area contributed by atoms with Gasteiger partial charge in [0.1, 0.15) is 0 Å². The molecule has 2 rings (SSSR count). The smallest absolute Gasteiger partial charge is 0.396 e. The van der Waals surface area contributed by atoms with E-state index in [2.05, 4.69) is 14.5 Å². The molecule has 0 atom stereocenters. The maximum atomic E-state index is 12.5. The third-order valence-electron chi connectivity index (χ3n) is 2.62. The van der Waals surface area contributed by atoms with Crippen LogP contribution in [0.1, 0.15) is 31.1 Å². The molecule has 0 bridgehead atoms. The molecule has 0 saturated heterocycles. The standard InChI is InChI=1S/C10H12F3N5S/c1-3-5-7(14)6(4-2)18(16-5)9-15-8(17-19-9)10(11,12)13/h3-4,14H2,1-2H3. The Labute approximate surface area is 111 Å². The van der Waals surface area contributed by atoms with Gasteiger partial charge < -0.3 is 5.73 Å². The van der Waals surface area contributed by atoms with Crippen LogP contribution in [0, 0.1) is 0 Å². The Bertz CT molecular complexity index is 586. The quantitative estimate of drug-likeness (QED) is 0.943. The molecule has 2 aromatic heterocycles. The van der Waals surface area contributed by atoms with Crippen molar-refractivity contribution in [1.82, 2.24) is 19.1 Å². The molecule has 0 fully saturated rings. The highest BCUT2D eigenvalue weighted by molar-refractivity contribution is 7.08. The zero-order valence-electron chi connectivity index (χ0n) is 10.3. The molecule has 2 N–H and O–H groups in total. The van der Waals surface area contributed by atoms with E-state index in [4.69, 9.17) is 5.73 Å². The molecule has 2 aromatic rings. The van der Waals surface area contributed by atoms with Crippen molar-refractivity contribution in [1.29, 1.82) is 0 Å². The third kappa shape index (κ3) is 2.42. The Morgan fingerprint density at radius 2 is 1.95 bits per heavy atom. The van der Waals surface area contributed by atoms with Crippen molar-refractivity contribution in [3.05, 3.63) is 17.2 Å². The molecule has 0 amide bonds. The van der Waals surface area contributed by atoms with E-state index < -0.39 is 12.0 Å². The van der Waals surface area contributed by atoms with Crippen LogP contribution in [0.15, 0.2) is 0 Å². The fraction of sp³-hybridized carbons (Fsp3) is 0.500. The van der Waals surface area contributed by atoms with E-state index in [9.17, 15) is 13.2 Å². The first kappa shape index (κ1) is 13.8. The number of nitrogens with zero attached hydrogens (tertiary/aromatic N) is 4. The van der Waals surface area contributed by atoms with Gasteiger partial charge in [0.05, 0.1) is 17.1 Å². The van der Waals surface area contributed by atoms with Crippen LogP contribution in [-0.2, 0) is 19.0 Å². The van der Waals surface area contributed by atoms with Gasteiger partial charge in [-0.05, 0) is 12.8 Å². The Morgan fingerprint density at radius 1 is 1.26 bits per heavy atom. The number of anilines is 1. The summed E-state index contributed by atoms with van der Waals surface area (Å²) in [6.45, 7) is 3.73. The lowest BCUT2D eigenvalue weighted by Gasteiger charge is -2.01. The number of rotatable bonds is 3. The second-order valence-electron chi connectivity index (χ2n) is 3.82. The summed E-state index contributed by atoms with van der Waals surface area (Å²) in [7, 11) is 0. The molecular formula is C10H12F3N5S. The lowest BCUT2D eigenvalue weighted by molar-refractivity contribution is -0.144. The van der Waals surface area contributed by atoms with Gasteiger partial charge in [-0.25, -0.2) is 4.68 Å². The van der Waals surface area contributed by atoms with E-state index in [-0.39, 0.29) is 5.13 Å². The number of halogens is 3. The highest BCUT2D eigenvalue weighted by Crippen LogP contribution is 2.30. The number of hydrogen-bond donors (Lipinski definition) is 1. The highest BCUT2D eigenvalue weighted by atomic mass is 32.1. The van der Waals surface area contributed by atoms with Gasteiger partial charge in [0, 0.05) is 11.5 Å². The molecule has 104 valence electrons. The van der Waals surface area contributed by atoms with E-state index >= 15 is 0 Å². The minimum atomic E-state index is -4.55. The molecular weight excluding hydrogens is 279 g/mol. The molecule has 0 aliphatic rings. The molecule has 0 saturated carbocycles. The van der Waals surface area contributed by atoms with Crippen molar-refractivity contribution in [3.63, 3.8) is 0 Å².